The molecule has 206 valence electrons. The minimum absolute atomic E-state index is 0.0691. The summed E-state index contributed by atoms with van der Waals surface area (Å²) in [6.07, 6.45) is 0. The summed E-state index contributed by atoms with van der Waals surface area (Å²) in [6, 6.07) is -17.4. The molecule has 0 bridgehead atoms. The molecular weight excluding hydrogens is 559 g/mol. The highest BCUT2D eigenvalue weighted by molar-refractivity contribution is 7.26. The van der Waals surface area contributed by atoms with Gasteiger partial charge in [0.15, 0.2) is 17.5 Å². The fraction of sp³-hybridized carbons (Fsp3) is 0. The number of thiophene rings is 1. The Morgan fingerprint density at radius 1 is 0.477 bits per heavy atom. The van der Waals surface area contributed by atoms with E-state index in [1.807, 2.05) is 0 Å². The third-order valence-corrected chi connectivity index (χ3v) is 7.69. The van der Waals surface area contributed by atoms with Crippen molar-refractivity contribution in [2.75, 3.05) is 0 Å². The number of rotatable bonds is 4. The summed E-state index contributed by atoms with van der Waals surface area (Å²) in [4.78, 5) is 13.2. The van der Waals surface area contributed by atoms with E-state index in [1.165, 1.54) is 0 Å². The van der Waals surface area contributed by atoms with E-state index in [1.54, 1.807) is 0 Å². The monoisotopic (exact) mass is 604 g/mol. The lowest BCUT2D eigenvalue weighted by Crippen LogP contribution is -2.00. The van der Waals surface area contributed by atoms with Crippen LogP contribution in [0.4, 0.5) is 0 Å². The molecular formula is C39H23N3OS. The molecule has 0 aliphatic rings. The molecule has 0 N–H and O–H groups in total. The molecule has 5 heteroatoms. The molecule has 0 unspecified atom stereocenters. The predicted molar refractivity (Wildman–Crippen MR) is 182 cm³/mol. The van der Waals surface area contributed by atoms with Crippen LogP contribution in [0.2, 0.25) is 0 Å². The van der Waals surface area contributed by atoms with Crippen LogP contribution in [0.3, 0.4) is 0 Å². The van der Waals surface area contributed by atoms with Crippen LogP contribution in [-0.2, 0) is 0 Å². The zero-order chi connectivity index (χ0) is 49.1. The third-order valence-electron chi connectivity index (χ3n) is 6.57. The van der Waals surface area contributed by atoms with Gasteiger partial charge in [-0.3, -0.25) is 0 Å². The lowest BCUT2D eigenvalue weighted by molar-refractivity contribution is 0.669. The van der Waals surface area contributed by atoms with Crippen LogP contribution < -0.4 is 0 Å². The maximum atomic E-state index is 9.47. The molecule has 44 heavy (non-hydrogen) atoms. The van der Waals surface area contributed by atoms with Gasteiger partial charge in [-0.25, -0.2) is 15.0 Å². The first-order valence-electron chi connectivity index (χ1n) is 24.2. The minimum atomic E-state index is -0.881. The van der Waals surface area contributed by atoms with Crippen LogP contribution in [0, 0.1) is 0 Å². The smallest absolute Gasteiger partial charge is 0.165 e. The van der Waals surface area contributed by atoms with Gasteiger partial charge in [-0.05, 0) is 41.3 Å². The lowest BCUT2D eigenvalue weighted by Gasteiger charge is -2.09. The summed E-state index contributed by atoms with van der Waals surface area (Å²) in [7, 11) is 0. The van der Waals surface area contributed by atoms with Crippen molar-refractivity contribution in [3.05, 3.63) is 139 Å². The second-order valence-electron chi connectivity index (χ2n) is 9.08. The second-order valence-corrected chi connectivity index (χ2v) is 10.1. The molecule has 6 aromatic carbocycles. The number of benzene rings is 6. The van der Waals surface area contributed by atoms with Crippen molar-refractivity contribution < 1.29 is 35.9 Å². The highest BCUT2D eigenvalue weighted by Crippen LogP contribution is 2.41. The SMILES string of the molecule is [2H]c1c([2H])c([2H])c(-c2nc(-c3c([2H])c([2H])c4c(oc5c([2H])c([2H])c([2H])c(-c6c([2H])c([2H])c([2H])c([2H])c6[2H])c54)c3[2H])nc(-c3c([2H])c([2H])c([2H])c4c3sc3c([2H])c([2H])c([2H])c([2H])c34)n2)c([2H])c1[2H]. The quantitative estimate of drug-likeness (QED) is 0.200. The fourth-order valence-corrected chi connectivity index (χ4v) is 5.74. The average molecular weight is 605 g/mol. The molecule has 0 radical (unpaired) electrons. The zero-order valence-electron chi connectivity index (χ0n) is 44.7. The van der Waals surface area contributed by atoms with E-state index in [9.17, 15) is 4.11 Å². The summed E-state index contributed by atoms with van der Waals surface area (Å²) in [5, 5.41) is -1.22. The Balaban J connectivity index is 1.45. The molecule has 0 saturated carbocycles. The van der Waals surface area contributed by atoms with Gasteiger partial charge in [-0.2, -0.15) is 0 Å². The first kappa shape index (κ1) is 11.1. The van der Waals surface area contributed by atoms with E-state index >= 15 is 0 Å². The number of hydrogen-bond acceptors (Lipinski definition) is 5. The van der Waals surface area contributed by atoms with Crippen molar-refractivity contribution in [2.45, 2.75) is 0 Å². The van der Waals surface area contributed by atoms with Crippen LogP contribution in [0.25, 0.3) is 87.4 Å². The first-order valence-corrected chi connectivity index (χ1v) is 13.5. The van der Waals surface area contributed by atoms with Crippen LogP contribution in [-0.4, -0.2) is 15.0 Å². The molecule has 0 saturated heterocycles. The average Bonchev–Trinajstić information content (AvgIpc) is 3.90. The molecule has 4 nitrogen and oxygen atoms in total. The normalized spacial score (nSPS) is 19.0. The van der Waals surface area contributed by atoms with Crippen molar-refractivity contribution in [1.29, 1.82) is 0 Å². The van der Waals surface area contributed by atoms with Crippen molar-refractivity contribution in [2.24, 2.45) is 0 Å². The van der Waals surface area contributed by atoms with Gasteiger partial charge in [0, 0.05) is 47.6 Å². The maximum absolute atomic E-state index is 9.47. The Labute approximate surface area is 289 Å². The van der Waals surface area contributed by atoms with Crippen LogP contribution in [0.1, 0.15) is 31.5 Å². The highest BCUT2D eigenvalue weighted by atomic mass is 32.1. The summed E-state index contributed by atoms with van der Waals surface area (Å²) in [6.45, 7) is 0. The Hall–Kier alpha value is -5.65. The van der Waals surface area contributed by atoms with Gasteiger partial charge in [0.2, 0.25) is 0 Å². The minimum Gasteiger partial charge on any atom is -0.456 e. The molecule has 3 aromatic heterocycles. The van der Waals surface area contributed by atoms with Crippen molar-refractivity contribution in [1.82, 2.24) is 15.0 Å². The fourth-order valence-electron chi connectivity index (χ4n) is 4.68. The molecule has 0 aliphatic heterocycles. The summed E-state index contributed by atoms with van der Waals surface area (Å²) in [5.74, 6) is -2.06. The van der Waals surface area contributed by atoms with Gasteiger partial charge in [-0.15, -0.1) is 11.3 Å². The Bertz CT molecular complexity index is 3750. The van der Waals surface area contributed by atoms with Gasteiger partial charge in [0.05, 0.1) is 31.5 Å². The maximum Gasteiger partial charge on any atom is 0.165 e. The first-order chi connectivity index (χ1) is 31.4. The van der Waals surface area contributed by atoms with E-state index in [-0.39, 0.29) is 20.2 Å². The number of aromatic nitrogens is 3. The van der Waals surface area contributed by atoms with Crippen molar-refractivity contribution in [3.8, 4) is 45.3 Å². The van der Waals surface area contributed by atoms with E-state index in [4.69, 9.17) is 31.8 Å². The molecule has 9 rings (SSSR count). The lowest BCUT2D eigenvalue weighted by atomic mass is 9.99. The van der Waals surface area contributed by atoms with Gasteiger partial charge in [-0.1, -0.05) is 109 Å². The van der Waals surface area contributed by atoms with Crippen LogP contribution >= 0.6 is 11.3 Å². The molecule has 0 atom stereocenters. The van der Waals surface area contributed by atoms with E-state index in [2.05, 4.69) is 15.0 Å². The highest BCUT2D eigenvalue weighted by Gasteiger charge is 2.18. The Morgan fingerprint density at radius 3 is 1.98 bits per heavy atom. The van der Waals surface area contributed by atoms with Gasteiger partial charge >= 0.3 is 0 Å². The number of furan rings is 1. The number of nitrogens with zero attached hydrogens (tertiary/aromatic N) is 3. The second kappa shape index (κ2) is 9.97. The third kappa shape index (κ3) is 4.02. The number of fused-ring (bicyclic) bond motifs is 6. The number of hydrogen-bond donors (Lipinski definition) is 0. The largest absolute Gasteiger partial charge is 0.456 e. The van der Waals surface area contributed by atoms with E-state index < -0.39 is 206 Å². The van der Waals surface area contributed by atoms with Crippen molar-refractivity contribution >= 4 is 53.4 Å². The van der Waals surface area contributed by atoms with Crippen LogP contribution in [0.15, 0.2) is 143 Å². The van der Waals surface area contributed by atoms with E-state index in [0.717, 1.165) is 0 Å². The standard InChI is InChI=1S/C39H23N3OS/c1-3-11-24(12-4-1)27-16-10-19-32-35(27)30-22-21-26(23-33(30)43-32)38-40-37(25-13-5-2-6-14-25)41-39(42-38)31-18-9-17-29-28-15-7-8-20-34(28)44-36(29)31/h1-23H/i1D,2D,3D,4D,5D,6D,7D,8D,9D,10D,11D,12D,13D,14D,15D,16D,17D,18D,19D,20D,21D,22D,23D. The van der Waals surface area contributed by atoms with Crippen molar-refractivity contribution in [3.63, 3.8) is 0 Å². The van der Waals surface area contributed by atoms with Gasteiger partial charge in [0.25, 0.3) is 0 Å². The van der Waals surface area contributed by atoms with Gasteiger partial charge < -0.3 is 4.42 Å². The molecule has 9 aromatic rings. The molecule has 3 heterocycles. The molecule has 0 fully saturated rings. The molecule has 0 amide bonds. The summed E-state index contributed by atoms with van der Waals surface area (Å²) >= 11 is 0.699. The van der Waals surface area contributed by atoms with Crippen LogP contribution in [0.5, 0.6) is 0 Å². The predicted octanol–water partition coefficient (Wildman–Crippen LogP) is 10.8. The summed E-state index contributed by atoms with van der Waals surface area (Å²) < 4.78 is 205. The van der Waals surface area contributed by atoms with E-state index in [0.29, 0.717) is 11.3 Å². The van der Waals surface area contributed by atoms with Gasteiger partial charge in [0.1, 0.15) is 11.2 Å². The molecule has 0 aliphatic carbocycles. The zero-order valence-corrected chi connectivity index (χ0v) is 22.5. The summed E-state index contributed by atoms with van der Waals surface area (Å²) in [5.41, 5.74) is -3.99. The Kier molecular flexibility index (Phi) is 2.52. The topological polar surface area (TPSA) is 51.8 Å². The molecule has 0 spiro atoms. The Morgan fingerprint density at radius 2 is 1.14 bits per heavy atom.